The topological polar surface area (TPSA) is 58.3 Å². The predicted molar refractivity (Wildman–Crippen MR) is 65.0 cm³/mol. The number of hydrogen-bond acceptors (Lipinski definition) is 3. The first-order valence-corrected chi connectivity index (χ1v) is 5.21. The summed E-state index contributed by atoms with van der Waals surface area (Å²) in [5.74, 6) is 0. The molecule has 1 rings (SSSR count). The summed E-state index contributed by atoms with van der Waals surface area (Å²) in [5.41, 5.74) is 7.46. The molecule has 15 heavy (non-hydrogen) atoms. The largest absolute Gasteiger partial charge is 0.516 e. The third kappa shape index (κ3) is 4.96. The van der Waals surface area contributed by atoms with Crippen LogP contribution in [0.5, 0.6) is 0 Å². The fourth-order valence-corrected chi connectivity index (χ4v) is 1.30. The maximum atomic E-state index is 8.42. The average molecular weight is 206 g/mol. The molecular weight excluding hydrogens is 188 g/mol. The van der Waals surface area contributed by atoms with E-state index in [-0.39, 0.29) is 0 Å². The molecule has 0 aliphatic carbocycles. The Morgan fingerprint density at radius 2 is 1.93 bits per heavy atom. The van der Waals surface area contributed by atoms with Gasteiger partial charge < -0.3 is 16.2 Å². The highest BCUT2D eigenvalue weighted by molar-refractivity contribution is 5.50. The molecule has 0 saturated carbocycles. The number of allylic oxidation sites excluding steroid dienone is 1. The van der Waals surface area contributed by atoms with Gasteiger partial charge in [0.25, 0.3) is 0 Å². The Hall–Kier alpha value is -1.64. The van der Waals surface area contributed by atoms with E-state index in [9.17, 15) is 0 Å². The fraction of sp³-hybridized carbons (Fsp3) is 0.333. The third-order valence-electron chi connectivity index (χ3n) is 2.14. The summed E-state index contributed by atoms with van der Waals surface area (Å²) in [6, 6.07) is 7.72. The molecule has 3 heteroatoms. The first-order chi connectivity index (χ1) is 7.33. The zero-order chi connectivity index (χ0) is 10.9. The van der Waals surface area contributed by atoms with Crippen molar-refractivity contribution in [1.29, 1.82) is 0 Å². The minimum atomic E-state index is 0.786. The molecule has 0 bridgehead atoms. The van der Waals surface area contributed by atoms with Crippen LogP contribution in [0.4, 0.5) is 11.4 Å². The van der Waals surface area contributed by atoms with Crippen LogP contribution in [-0.4, -0.2) is 11.7 Å². The maximum absolute atomic E-state index is 8.42. The molecule has 0 aliphatic rings. The Morgan fingerprint density at radius 1 is 1.20 bits per heavy atom. The van der Waals surface area contributed by atoms with E-state index in [1.807, 2.05) is 24.3 Å². The molecule has 82 valence electrons. The van der Waals surface area contributed by atoms with Crippen molar-refractivity contribution in [3.8, 4) is 0 Å². The minimum Gasteiger partial charge on any atom is -0.516 e. The van der Waals surface area contributed by atoms with Crippen molar-refractivity contribution in [2.45, 2.75) is 19.3 Å². The lowest BCUT2D eigenvalue weighted by Gasteiger charge is -2.05. The lowest BCUT2D eigenvalue weighted by atomic mass is 10.2. The van der Waals surface area contributed by atoms with Crippen molar-refractivity contribution in [2.24, 2.45) is 0 Å². The molecule has 0 spiro atoms. The van der Waals surface area contributed by atoms with Crippen LogP contribution < -0.4 is 11.1 Å². The number of nitrogen functional groups attached to an aromatic ring is 1. The SMILES string of the molecule is Nc1ccc(NCCCCC=CO)cc1. The molecule has 0 heterocycles. The van der Waals surface area contributed by atoms with Crippen LogP contribution in [-0.2, 0) is 0 Å². The fourth-order valence-electron chi connectivity index (χ4n) is 1.30. The molecule has 1 aromatic rings. The highest BCUT2D eigenvalue weighted by Crippen LogP contribution is 2.10. The Kier molecular flexibility index (Phi) is 5.15. The van der Waals surface area contributed by atoms with E-state index in [0.29, 0.717) is 0 Å². The van der Waals surface area contributed by atoms with Crippen LogP contribution in [0.2, 0.25) is 0 Å². The first kappa shape index (κ1) is 11.4. The second-order valence-corrected chi connectivity index (χ2v) is 3.43. The zero-order valence-corrected chi connectivity index (χ0v) is 8.82. The number of hydrogen-bond donors (Lipinski definition) is 3. The molecule has 0 aromatic heterocycles. The Morgan fingerprint density at radius 3 is 2.60 bits per heavy atom. The Labute approximate surface area is 90.6 Å². The summed E-state index contributed by atoms with van der Waals surface area (Å²) < 4.78 is 0. The summed E-state index contributed by atoms with van der Waals surface area (Å²) >= 11 is 0. The summed E-state index contributed by atoms with van der Waals surface area (Å²) in [4.78, 5) is 0. The van der Waals surface area contributed by atoms with Crippen molar-refractivity contribution in [1.82, 2.24) is 0 Å². The molecule has 1 aromatic carbocycles. The number of anilines is 2. The third-order valence-corrected chi connectivity index (χ3v) is 2.14. The number of aliphatic hydroxyl groups excluding tert-OH is 1. The standard InChI is InChI=1S/C12H18N2O/c13-11-5-7-12(8-6-11)14-9-3-1-2-4-10-15/h4-8,10,14-15H,1-3,9,13H2. The average Bonchev–Trinajstić information content (AvgIpc) is 2.26. The van der Waals surface area contributed by atoms with Crippen LogP contribution in [0.3, 0.4) is 0 Å². The summed E-state index contributed by atoms with van der Waals surface area (Å²) in [7, 11) is 0. The van der Waals surface area contributed by atoms with Gasteiger partial charge in [-0.05, 0) is 43.5 Å². The van der Waals surface area contributed by atoms with E-state index >= 15 is 0 Å². The summed E-state index contributed by atoms with van der Waals surface area (Å²) in [6.45, 7) is 0.948. The van der Waals surface area contributed by atoms with Crippen molar-refractivity contribution in [3.63, 3.8) is 0 Å². The molecular formula is C12H18N2O. The number of benzene rings is 1. The molecule has 3 nitrogen and oxygen atoms in total. The van der Waals surface area contributed by atoms with E-state index in [2.05, 4.69) is 5.32 Å². The van der Waals surface area contributed by atoms with Gasteiger partial charge >= 0.3 is 0 Å². The van der Waals surface area contributed by atoms with E-state index in [1.165, 1.54) is 0 Å². The van der Waals surface area contributed by atoms with Crippen LogP contribution in [0.15, 0.2) is 36.6 Å². The number of nitrogens with one attached hydrogen (secondary N) is 1. The van der Waals surface area contributed by atoms with Crippen molar-refractivity contribution < 1.29 is 5.11 Å². The maximum Gasteiger partial charge on any atom is 0.0751 e. The molecule has 0 saturated heterocycles. The second-order valence-electron chi connectivity index (χ2n) is 3.43. The number of nitrogens with two attached hydrogens (primary N) is 1. The molecule has 4 N–H and O–H groups in total. The van der Waals surface area contributed by atoms with Gasteiger partial charge in [0.2, 0.25) is 0 Å². The van der Waals surface area contributed by atoms with Crippen LogP contribution in [0.1, 0.15) is 19.3 Å². The number of unbranched alkanes of at least 4 members (excludes halogenated alkanes) is 2. The predicted octanol–water partition coefficient (Wildman–Crippen LogP) is 2.92. The van der Waals surface area contributed by atoms with Crippen molar-refractivity contribution >= 4 is 11.4 Å². The Balaban J connectivity index is 2.12. The first-order valence-electron chi connectivity index (χ1n) is 5.21. The van der Waals surface area contributed by atoms with Crippen LogP contribution in [0.25, 0.3) is 0 Å². The molecule has 0 fully saturated rings. The zero-order valence-electron chi connectivity index (χ0n) is 8.82. The van der Waals surface area contributed by atoms with Gasteiger partial charge in [-0.3, -0.25) is 0 Å². The lowest BCUT2D eigenvalue weighted by molar-refractivity contribution is 0.470. The minimum absolute atomic E-state index is 0.786. The van der Waals surface area contributed by atoms with E-state index < -0.39 is 0 Å². The summed E-state index contributed by atoms with van der Waals surface area (Å²) in [6.07, 6.45) is 5.98. The summed E-state index contributed by atoms with van der Waals surface area (Å²) in [5, 5.41) is 11.7. The van der Waals surface area contributed by atoms with Crippen molar-refractivity contribution in [2.75, 3.05) is 17.6 Å². The van der Waals surface area contributed by atoms with Gasteiger partial charge in [0.15, 0.2) is 0 Å². The smallest absolute Gasteiger partial charge is 0.0751 e. The molecule has 0 unspecified atom stereocenters. The van der Waals surface area contributed by atoms with Gasteiger partial charge in [0.1, 0.15) is 0 Å². The quantitative estimate of drug-likeness (QED) is 0.381. The van der Waals surface area contributed by atoms with E-state index in [4.69, 9.17) is 10.8 Å². The molecule has 0 amide bonds. The van der Waals surface area contributed by atoms with Crippen LogP contribution in [0, 0.1) is 0 Å². The molecule has 0 atom stereocenters. The second kappa shape index (κ2) is 6.76. The van der Waals surface area contributed by atoms with Gasteiger partial charge in [-0.25, -0.2) is 0 Å². The lowest BCUT2D eigenvalue weighted by Crippen LogP contribution is -2.01. The molecule has 0 radical (unpaired) electrons. The number of aliphatic hydroxyl groups is 1. The van der Waals surface area contributed by atoms with E-state index in [0.717, 1.165) is 43.4 Å². The highest BCUT2D eigenvalue weighted by Gasteiger charge is 1.91. The van der Waals surface area contributed by atoms with Gasteiger partial charge in [-0.15, -0.1) is 0 Å². The van der Waals surface area contributed by atoms with E-state index in [1.54, 1.807) is 6.08 Å². The number of rotatable bonds is 6. The van der Waals surface area contributed by atoms with Gasteiger partial charge in [0, 0.05) is 17.9 Å². The Bertz CT molecular complexity index is 293. The molecule has 0 aliphatic heterocycles. The van der Waals surface area contributed by atoms with Gasteiger partial charge in [-0.2, -0.15) is 0 Å². The highest BCUT2D eigenvalue weighted by atomic mass is 16.2. The monoisotopic (exact) mass is 206 g/mol. The van der Waals surface area contributed by atoms with Gasteiger partial charge in [-0.1, -0.05) is 6.08 Å². The normalized spacial score (nSPS) is 10.7. The van der Waals surface area contributed by atoms with Crippen LogP contribution >= 0.6 is 0 Å². The van der Waals surface area contributed by atoms with Gasteiger partial charge in [0.05, 0.1) is 6.26 Å². The van der Waals surface area contributed by atoms with Crippen molar-refractivity contribution in [3.05, 3.63) is 36.6 Å².